The molecule has 14 aromatic rings. The van der Waals surface area contributed by atoms with Crippen LogP contribution in [0.4, 0.5) is 68.2 Å². The molecule has 0 spiro atoms. The number of anilines is 12. The van der Waals surface area contributed by atoms with E-state index >= 15 is 0 Å². The smallest absolute Gasteiger partial charge is 0.251 e. The number of fused-ring (bicyclic) bond motifs is 6. The van der Waals surface area contributed by atoms with E-state index in [1.165, 1.54) is 142 Å². The molecule has 0 fully saturated rings. The predicted molar refractivity (Wildman–Crippen MR) is 555 cm³/mol. The first-order valence-electron chi connectivity index (χ1n) is 45.7. The Morgan fingerprint density at radius 1 is 0.206 bits per heavy atom. The third-order valence-corrected chi connectivity index (χ3v) is 37.3. The van der Waals surface area contributed by atoms with Crippen molar-refractivity contribution in [3.63, 3.8) is 0 Å². The van der Waals surface area contributed by atoms with E-state index in [2.05, 4.69) is 503 Å². The standard InChI is InChI=1S/C59H63BN2Si.C59H65ClN2Si/c1-38-32-47-53-48(33-38)62(44-30-26-40(27-31-44)57(5,6)7)50-35-42(59(11,12)13)37-52-55(50)60(53)54-49(61(47)43-28-24-39(25-29-43)56(2,3)4)34-41(58(8,9)10)36-51(54)63(52,45-20-16-14-17-21-45)46-22-18-15-19-23-46;1-40-32-53-55(60)54(33-40)62(46-30-26-42(27-31-46)57(5,6)7)48-35-44(59(11,12)13)37-52(39-48)63(49-20-16-14-17-21-49,50-22-18-15-19-23-50)51-36-43(58(8,9)10)34-47(38-51)61(53)45-28-24-41(25-29-45)56(2,3)4/h14-37H,1-13H3;14-39H,1-13H3. The molecule has 0 aliphatic carbocycles. The van der Waals surface area contributed by atoms with Crippen LogP contribution in [0.3, 0.4) is 0 Å². The number of hydrogen-bond donors (Lipinski definition) is 0. The highest BCUT2D eigenvalue weighted by molar-refractivity contribution is 7.27. The minimum Gasteiger partial charge on any atom is -0.311 e. The zero-order valence-electron chi connectivity index (χ0n) is 79.6. The van der Waals surface area contributed by atoms with Gasteiger partial charge in [-0.15, -0.1) is 0 Å². The monoisotopic (exact) mass is 1700 g/mol. The number of halogens is 1. The zero-order valence-corrected chi connectivity index (χ0v) is 82.4. The van der Waals surface area contributed by atoms with E-state index < -0.39 is 16.1 Å². The van der Waals surface area contributed by atoms with Crippen LogP contribution in [0.25, 0.3) is 0 Å². The molecule has 0 aromatic heterocycles. The molecule has 638 valence electrons. The fourth-order valence-corrected chi connectivity index (χ4v) is 30.7. The average Bonchev–Trinajstić information content (AvgIpc) is 0.656. The molecule has 4 aliphatic heterocycles. The molecular weight excluding hydrogens is 1580 g/mol. The van der Waals surface area contributed by atoms with E-state index in [4.69, 9.17) is 11.6 Å². The number of rotatable bonds is 8. The third kappa shape index (κ3) is 15.3. The molecule has 4 heterocycles. The van der Waals surface area contributed by atoms with Gasteiger partial charge in [-0.05, 0) is 280 Å². The van der Waals surface area contributed by atoms with E-state index in [9.17, 15) is 0 Å². The molecule has 0 unspecified atom stereocenters. The fourth-order valence-electron chi connectivity index (χ4n) is 20.2. The summed E-state index contributed by atoms with van der Waals surface area (Å²) in [6.07, 6.45) is 0. The van der Waals surface area contributed by atoms with Crippen LogP contribution in [0.5, 0.6) is 0 Å². The number of nitrogens with zero attached hydrogens (tertiary/aromatic N) is 4. The molecule has 6 bridgehead atoms. The summed E-state index contributed by atoms with van der Waals surface area (Å²) < 4.78 is 0. The van der Waals surface area contributed by atoms with Crippen molar-refractivity contribution in [2.75, 3.05) is 19.6 Å². The Kier molecular flexibility index (Phi) is 21.6. The van der Waals surface area contributed by atoms with Gasteiger partial charge in [0, 0.05) is 56.9 Å². The SMILES string of the molecule is Cc1cc2c(Cl)c(c1)N(c1ccc(C(C)(C)C)cc1)c1cc(C(C)(C)C)cc(c1)[Si](c1ccccc1)(c1ccccc1)c1cc(cc(C(C)(C)C)c1)N2c1ccc(C(C)(C)C)cc1.Cc1cc2c3c(c1)N(c1ccc(C(C)(C)C)cc1)c1cc(C(C)(C)C)cc4c1B3c1c(cc(C(C)(C)C)cc1[Si]4(c1ccccc1)c1ccccc1)N2c1ccc(C(C)(C)C)cc1. The van der Waals surface area contributed by atoms with Crippen molar-refractivity contribution in [1.82, 2.24) is 0 Å². The first-order chi connectivity index (χ1) is 59.2. The van der Waals surface area contributed by atoms with Crippen LogP contribution < -0.4 is 77.5 Å². The van der Waals surface area contributed by atoms with E-state index in [0.717, 1.165) is 39.7 Å². The first-order valence-corrected chi connectivity index (χ1v) is 50.1. The summed E-state index contributed by atoms with van der Waals surface area (Å²) >= 11 is 8.06. The molecule has 0 saturated heterocycles. The average molecular weight is 1700 g/mol. The number of hydrogen-bond acceptors (Lipinski definition) is 4. The van der Waals surface area contributed by atoms with Crippen LogP contribution in [0.2, 0.25) is 5.02 Å². The summed E-state index contributed by atoms with van der Waals surface area (Å²) in [4.78, 5) is 10.2. The summed E-state index contributed by atoms with van der Waals surface area (Å²) in [5, 5.41) is 12.0. The molecule has 126 heavy (non-hydrogen) atoms. The van der Waals surface area contributed by atoms with E-state index in [-0.39, 0.29) is 50.0 Å². The Balaban J connectivity index is 0.000000178. The van der Waals surface area contributed by atoms with Gasteiger partial charge in [-0.25, -0.2) is 0 Å². The molecule has 0 amide bonds. The molecule has 14 aromatic carbocycles. The Morgan fingerprint density at radius 2 is 0.444 bits per heavy atom. The largest absolute Gasteiger partial charge is 0.311 e. The number of benzene rings is 14. The van der Waals surface area contributed by atoms with Gasteiger partial charge < -0.3 is 19.6 Å². The minimum atomic E-state index is -3.14. The van der Waals surface area contributed by atoms with Crippen LogP contribution in [0, 0.1) is 13.8 Å². The first kappa shape index (κ1) is 87.2. The summed E-state index contributed by atoms with van der Waals surface area (Å²) in [5.74, 6) is 0. The lowest BCUT2D eigenvalue weighted by Gasteiger charge is -2.52. The van der Waals surface area contributed by atoms with Crippen LogP contribution in [0.15, 0.2) is 303 Å². The zero-order chi connectivity index (χ0) is 89.9. The lowest BCUT2D eigenvalue weighted by atomic mass is 9.33. The molecule has 4 nitrogen and oxygen atoms in total. The van der Waals surface area contributed by atoms with Crippen LogP contribution in [-0.2, 0) is 43.3 Å². The lowest BCUT2D eigenvalue weighted by molar-refractivity contribution is 0.590. The van der Waals surface area contributed by atoms with Gasteiger partial charge in [-0.1, -0.05) is 372 Å². The van der Waals surface area contributed by atoms with Gasteiger partial charge in [0.15, 0.2) is 16.1 Å². The van der Waals surface area contributed by atoms with Gasteiger partial charge in [0.1, 0.15) is 0 Å². The van der Waals surface area contributed by atoms with E-state index in [0.29, 0.717) is 5.02 Å². The molecule has 18 rings (SSSR count). The van der Waals surface area contributed by atoms with Crippen molar-refractivity contribution >= 4 is 161 Å². The molecule has 0 saturated carbocycles. The third-order valence-electron chi connectivity index (χ3n) is 27.4. The summed E-state index contributed by atoms with van der Waals surface area (Å²) in [7, 11) is -6.21. The highest BCUT2D eigenvalue weighted by atomic mass is 35.5. The second-order valence-electron chi connectivity index (χ2n) is 44.7. The van der Waals surface area contributed by atoms with Crippen molar-refractivity contribution in [3.05, 3.63) is 364 Å². The fraction of sp³-hybridized carbons (Fsp3) is 0.288. The predicted octanol–water partition coefficient (Wildman–Crippen LogP) is 25.4. The highest BCUT2D eigenvalue weighted by Crippen LogP contribution is 2.52. The second-order valence-corrected chi connectivity index (χ2v) is 52.6. The van der Waals surface area contributed by atoms with Crippen molar-refractivity contribution in [2.24, 2.45) is 0 Å². The maximum Gasteiger partial charge on any atom is 0.251 e. The van der Waals surface area contributed by atoms with Crippen LogP contribution >= 0.6 is 11.6 Å². The summed E-state index contributed by atoms with van der Waals surface area (Å²) in [6, 6.07) is 118. The van der Waals surface area contributed by atoms with Gasteiger partial charge in [0.2, 0.25) is 0 Å². The van der Waals surface area contributed by atoms with Crippen LogP contribution in [-0.4, -0.2) is 22.9 Å². The number of aryl methyl sites for hydroxylation is 2. The summed E-state index contributed by atoms with van der Waals surface area (Å²) in [5.41, 5.74) is 30.7. The van der Waals surface area contributed by atoms with Gasteiger partial charge in [-0.2, -0.15) is 0 Å². The van der Waals surface area contributed by atoms with Crippen molar-refractivity contribution < 1.29 is 0 Å². The Labute approximate surface area is 761 Å². The van der Waals surface area contributed by atoms with Crippen molar-refractivity contribution in [1.29, 1.82) is 0 Å². The van der Waals surface area contributed by atoms with Crippen LogP contribution in [0.1, 0.15) is 222 Å². The quantitative estimate of drug-likeness (QED) is 0.141. The Morgan fingerprint density at radius 3 is 0.714 bits per heavy atom. The minimum absolute atomic E-state index is 0.00605. The maximum absolute atomic E-state index is 8.06. The van der Waals surface area contributed by atoms with Gasteiger partial charge >= 0.3 is 0 Å². The highest BCUT2D eigenvalue weighted by Gasteiger charge is 2.58. The Bertz CT molecular complexity index is 6090. The van der Waals surface area contributed by atoms with Gasteiger partial charge in [-0.3, -0.25) is 0 Å². The maximum atomic E-state index is 8.06. The van der Waals surface area contributed by atoms with Gasteiger partial charge in [0.05, 0.1) is 16.4 Å². The lowest BCUT2D eigenvalue weighted by Crippen LogP contribution is -2.88. The molecule has 4 aliphatic rings. The second kappa shape index (κ2) is 31.2. The normalized spacial score (nSPS) is 14.7. The molecule has 0 N–H and O–H groups in total. The van der Waals surface area contributed by atoms with Crippen molar-refractivity contribution in [2.45, 2.75) is 223 Å². The van der Waals surface area contributed by atoms with Crippen molar-refractivity contribution in [3.8, 4) is 0 Å². The van der Waals surface area contributed by atoms with Gasteiger partial charge in [0.25, 0.3) is 6.71 Å². The van der Waals surface area contributed by atoms with E-state index in [1.54, 1.807) is 0 Å². The topological polar surface area (TPSA) is 13.0 Å². The molecular formula is C118H128BClN4Si2. The Hall–Kier alpha value is -10.9. The van der Waals surface area contributed by atoms with E-state index in [1.807, 2.05) is 0 Å². The molecule has 0 radical (unpaired) electrons. The summed E-state index contributed by atoms with van der Waals surface area (Å²) in [6.45, 7) is 60.5. The molecule has 0 atom stereocenters. The molecule has 8 heteroatoms.